The van der Waals surface area contributed by atoms with E-state index >= 15 is 0 Å². The van der Waals surface area contributed by atoms with Gasteiger partial charge in [0, 0.05) is 19.1 Å². The molecule has 0 saturated carbocycles. The lowest BCUT2D eigenvalue weighted by Gasteiger charge is -2.40. The summed E-state index contributed by atoms with van der Waals surface area (Å²) in [4.78, 5) is 2.69. The van der Waals surface area contributed by atoms with Crippen LogP contribution < -0.4 is 5.84 Å². The van der Waals surface area contributed by atoms with Crippen LogP contribution in [0.25, 0.3) is 0 Å². The van der Waals surface area contributed by atoms with Crippen molar-refractivity contribution in [3.63, 3.8) is 0 Å². The summed E-state index contributed by atoms with van der Waals surface area (Å²) in [6.45, 7) is 7.17. The van der Waals surface area contributed by atoms with E-state index in [1.54, 1.807) is 0 Å². The predicted octanol–water partition coefficient (Wildman–Crippen LogP) is 1.06. The molecule has 14 heavy (non-hydrogen) atoms. The van der Waals surface area contributed by atoms with Crippen molar-refractivity contribution in [3.05, 3.63) is 0 Å². The van der Waals surface area contributed by atoms with Crippen LogP contribution in [0.5, 0.6) is 0 Å². The molecule has 2 heterocycles. The van der Waals surface area contributed by atoms with E-state index in [4.69, 9.17) is 5.84 Å². The van der Waals surface area contributed by atoms with E-state index < -0.39 is 0 Å². The fourth-order valence-electron chi connectivity index (χ4n) is 2.64. The van der Waals surface area contributed by atoms with Gasteiger partial charge in [0.05, 0.1) is 0 Å². The Morgan fingerprint density at radius 3 is 2.07 bits per heavy atom. The molecule has 2 saturated heterocycles. The molecular weight excluding hydrogens is 174 g/mol. The van der Waals surface area contributed by atoms with E-state index in [-0.39, 0.29) is 0 Å². The van der Waals surface area contributed by atoms with E-state index in [0.717, 1.165) is 25.0 Å². The normalized spacial score (nSPS) is 29.6. The minimum atomic E-state index is 0.822. The second kappa shape index (κ2) is 4.60. The molecule has 2 N–H and O–H groups in total. The van der Waals surface area contributed by atoms with E-state index in [1.165, 1.54) is 38.8 Å². The second-order valence-electron chi connectivity index (χ2n) is 4.99. The lowest BCUT2D eigenvalue weighted by atomic mass is 9.95. The van der Waals surface area contributed by atoms with Crippen LogP contribution in [-0.4, -0.2) is 42.1 Å². The topological polar surface area (TPSA) is 32.5 Å². The number of nitrogens with two attached hydrogens (primary N) is 1. The number of piperidine rings is 2. The van der Waals surface area contributed by atoms with Gasteiger partial charge < -0.3 is 4.90 Å². The summed E-state index contributed by atoms with van der Waals surface area (Å²) < 4.78 is 0. The zero-order chi connectivity index (χ0) is 9.97. The molecule has 0 atom stereocenters. The number of nitrogens with zero attached hydrogens (tertiary/aromatic N) is 2. The first-order valence-corrected chi connectivity index (χ1v) is 5.99. The third kappa shape index (κ3) is 2.47. The third-order valence-electron chi connectivity index (χ3n) is 3.83. The van der Waals surface area contributed by atoms with Gasteiger partial charge in [0.25, 0.3) is 0 Å². The van der Waals surface area contributed by atoms with Crippen LogP contribution in [-0.2, 0) is 0 Å². The lowest BCUT2D eigenvalue weighted by Crippen LogP contribution is -2.49. The molecule has 2 aliphatic rings. The SMILES string of the molecule is CC1CCN(C2CCN(N)CC2)CC1. The number of hydrazine groups is 1. The lowest BCUT2D eigenvalue weighted by molar-refractivity contribution is 0.0806. The highest BCUT2D eigenvalue weighted by Crippen LogP contribution is 2.22. The maximum atomic E-state index is 5.76. The smallest absolute Gasteiger partial charge is 0.0143 e. The summed E-state index contributed by atoms with van der Waals surface area (Å²) >= 11 is 0. The van der Waals surface area contributed by atoms with Gasteiger partial charge in [-0.1, -0.05) is 6.92 Å². The van der Waals surface area contributed by atoms with Crippen LogP contribution >= 0.6 is 0 Å². The average Bonchev–Trinajstić information content (AvgIpc) is 2.21. The van der Waals surface area contributed by atoms with Crippen molar-refractivity contribution in [2.45, 2.75) is 38.6 Å². The Labute approximate surface area is 87.2 Å². The Morgan fingerprint density at radius 1 is 0.929 bits per heavy atom. The number of rotatable bonds is 1. The monoisotopic (exact) mass is 197 g/mol. The molecule has 2 fully saturated rings. The molecule has 3 nitrogen and oxygen atoms in total. The van der Waals surface area contributed by atoms with Crippen LogP contribution in [0.2, 0.25) is 0 Å². The zero-order valence-electron chi connectivity index (χ0n) is 9.28. The van der Waals surface area contributed by atoms with Crippen LogP contribution in [0.1, 0.15) is 32.6 Å². The van der Waals surface area contributed by atoms with E-state index in [9.17, 15) is 0 Å². The summed E-state index contributed by atoms with van der Waals surface area (Å²) in [6, 6.07) is 0.822. The molecule has 0 unspecified atom stereocenters. The van der Waals surface area contributed by atoms with E-state index in [1.807, 2.05) is 5.01 Å². The molecule has 0 bridgehead atoms. The predicted molar refractivity (Wildman–Crippen MR) is 58.8 cm³/mol. The summed E-state index contributed by atoms with van der Waals surface area (Å²) in [5.41, 5.74) is 0. The Morgan fingerprint density at radius 2 is 1.50 bits per heavy atom. The fraction of sp³-hybridized carbons (Fsp3) is 1.00. The summed E-state index contributed by atoms with van der Waals surface area (Å²) in [5.74, 6) is 6.71. The van der Waals surface area contributed by atoms with Gasteiger partial charge in [0.1, 0.15) is 0 Å². The van der Waals surface area contributed by atoms with Crippen molar-refractivity contribution in [1.29, 1.82) is 0 Å². The van der Waals surface area contributed by atoms with Gasteiger partial charge in [-0.2, -0.15) is 0 Å². The van der Waals surface area contributed by atoms with Crippen LogP contribution in [0.15, 0.2) is 0 Å². The van der Waals surface area contributed by atoms with Gasteiger partial charge in [-0.05, 0) is 44.7 Å². The number of hydrogen-bond acceptors (Lipinski definition) is 3. The molecule has 3 heteroatoms. The second-order valence-corrected chi connectivity index (χ2v) is 4.99. The standard InChI is InChI=1S/C11H23N3/c1-10-2-6-13(7-3-10)11-4-8-14(12)9-5-11/h10-11H,2-9,12H2,1H3. The van der Waals surface area contributed by atoms with Crippen LogP contribution in [0, 0.1) is 5.92 Å². The molecule has 0 spiro atoms. The highest BCUT2D eigenvalue weighted by atomic mass is 15.4. The minimum absolute atomic E-state index is 0.822. The Bertz CT molecular complexity index is 147. The van der Waals surface area contributed by atoms with Gasteiger partial charge in [-0.25, -0.2) is 5.01 Å². The van der Waals surface area contributed by atoms with Crippen molar-refractivity contribution < 1.29 is 0 Å². The highest BCUT2D eigenvalue weighted by molar-refractivity contribution is 4.81. The molecule has 82 valence electrons. The number of hydrogen-bond donors (Lipinski definition) is 1. The molecule has 2 rings (SSSR count). The maximum Gasteiger partial charge on any atom is 0.0143 e. The zero-order valence-corrected chi connectivity index (χ0v) is 9.28. The molecule has 0 aromatic heterocycles. The van der Waals surface area contributed by atoms with Crippen molar-refractivity contribution in [2.75, 3.05) is 26.2 Å². The van der Waals surface area contributed by atoms with Crippen LogP contribution in [0.3, 0.4) is 0 Å². The summed E-state index contributed by atoms with van der Waals surface area (Å²) in [5, 5.41) is 1.96. The number of likely N-dealkylation sites (tertiary alicyclic amines) is 1. The molecule has 0 aromatic rings. The first kappa shape index (κ1) is 10.4. The Balaban J connectivity index is 1.78. The van der Waals surface area contributed by atoms with Crippen molar-refractivity contribution in [3.8, 4) is 0 Å². The molecule has 0 radical (unpaired) electrons. The fourth-order valence-corrected chi connectivity index (χ4v) is 2.64. The maximum absolute atomic E-state index is 5.76. The third-order valence-corrected chi connectivity index (χ3v) is 3.83. The van der Waals surface area contributed by atoms with Gasteiger partial charge in [0.15, 0.2) is 0 Å². The molecule has 0 aliphatic carbocycles. The van der Waals surface area contributed by atoms with Crippen molar-refractivity contribution in [2.24, 2.45) is 11.8 Å². The molecule has 2 aliphatic heterocycles. The van der Waals surface area contributed by atoms with Crippen LogP contribution in [0.4, 0.5) is 0 Å². The van der Waals surface area contributed by atoms with E-state index in [2.05, 4.69) is 11.8 Å². The average molecular weight is 197 g/mol. The minimum Gasteiger partial charge on any atom is -0.300 e. The van der Waals surface area contributed by atoms with Gasteiger partial charge >= 0.3 is 0 Å². The summed E-state index contributed by atoms with van der Waals surface area (Å²) in [6.07, 6.45) is 5.32. The Kier molecular flexibility index (Phi) is 3.42. The van der Waals surface area contributed by atoms with Gasteiger partial charge in [-0.15, -0.1) is 0 Å². The first-order valence-electron chi connectivity index (χ1n) is 5.99. The largest absolute Gasteiger partial charge is 0.300 e. The summed E-state index contributed by atoms with van der Waals surface area (Å²) in [7, 11) is 0. The van der Waals surface area contributed by atoms with E-state index in [0.29, 0.717) is 0 Å². The quantitative estimate of drug-likeness (QED) is 0.638. The molecule has 0 aromatic carbocycles. The van der Waals surface area contributed by atoms with Crippen molar-refractivity contribution in [1.82, 2.24) is 9.91 Å². The molecule has 0 amide bonds. The first-order chi connectivity index (χ1) is 6.75. The highest BCUT2D eigenvalue weighted by Gasteiger charge is 2.25. The van der Waals surface area contributed by atoms with Gasteiger partial charge in [0.2, 0.25) is 0 Å². The van der Waals surface area contributed by atoms with Gasteiger partial charge in [-0.3, -0.25) is 5.84 Å². The Hall–Kier alpha value is -0.120. The van der Waals surface area contributed by atoms with Crippen molar-refractivity contribution >= 4 is 0 Å². The molecular formula is C11H23N3.